The average Bonchev–Trinajstić information content (AvgIpc) is 3.00. The summed E-state index contributed by atoms with van der Waals surface area (Å²) in [6, 6.07) is 10.9. The standard InChI is InChI=1S/C17H13F3N4O2S/c18-17(19,20)13-6-4-11(5-7-13)14-22-23-16(27)24(14)21-9-10-2-1-3-12(8-10)15(25)26/h1-8,21H,9H2,(H,23,27)(H,25,26). The molecule has 0 aliphatic heterocycles. The second-order valence-electron chi connectivity index (χ2n) is 5.60. The molecule has 0 saturated carbocycles. The first-order valence-corrected chi connectivity index (χ1v) is 8.07. The lowest BCUT2D eigenvalue weighted by Crippen LogP contribution is -2.16. The molecule has 140 valence electrons. The number of aromatic amines is 1. The van der Waals surface area contributed by atoms with Crippen molar-refractivity contribution in [1.29, 1.82) is 0 Å². The number of hydrogen-bond donors (Lipinski definition) is 3. The van der Waals surface area contributed by atoms with Crippen LogP contribution >= 0.6 is 12.2 Å². The molecule has 1 aromatic heterocycles. The molecule has 27 heavy (non-hydrogen) atoms. The lowest BCUT2D eigenvalue weighted by atomic mass is 10.1. The summed E-state index contributed by atoms with van der Waals surface area (Å²) in [6.45, 7) is 0.239. The third-order valence-electron chi connectivity index (χ3n) is 3.76. The highest BCUT2D eigenvalue weighted by atomic mass is 32.1. The lowest BCUT2D eigenvalue weighted by molar-refractivity contribution is -0.137. The monoisotopic (exact) mass is 394 g/mol. The lowest BCUT2D eigenvalue weighted by Gasteiger charge is -2.11. The van der Waals surface area contributed by atoms with Gasteiger partial charge in [-0.25, -0.2) is 14.6 Å². The quantitative estimate of drug-likeness (QED) is 0.569. The Balaban J connectivity index is 1.84. The first kappa shape index (κ1) is 18.6. The second kappa shape index (κ2) is 7.23. The number of alkyl halides is 3. The molecule has 2 aromatic carbocycles. The summed E-state index contributed by atoms with van der Waals surface area (Å²) >= 11 is 5.15. The highest BCUT2D eigenvalue weighted by molar-refractivity contribution is 7.71. The summed E-state index contributed by atoms with van der Waals surface area (Å²) < 4.78 is 39.8. The predicted octanol–water partition coefficient (Wildman–Crippen LogP) is 4.07. The van der Waals surface area contributed by atoms with E-state index in [0.717, 1.165) is 12.1 Å². The van der Waals surface area contributed by atoms with Gasteiger partial charge < -0.3 is 10.5 Å². The zero-order valence-corrected chi connectivity index (χ0v) is 14.4. The van der Waals surface area contributed by atoms with Crippen molar-refractivity contribution in [2.24, 2.45) is 0 Å². The molecule has 0 aliphatic rings. The highest BCUT2D eigenvalue weighted by Gasteiger charge is 2.30. The third kappa shape index (κ3) is 4.17. The fraction of sp³-hybridized carbons (Fsp3) is 0.118. The van der Waals surface area contributed by atoms with Crippen LogP contribution in [0.3, 0.4) is 0 Å². The Kier molecular flexibility index (Phi) is 5.00. The van der Waals surface area contributed by atoms with Gasteiger partial charge in [-0.2, -0.15) is 18.3 Å². The molecule has 0 fully saturated rings. The van der Waals surface area contributed by atoms with Crippen LogP contribution in [-0.4, -0.2) is 25.9 Å². The number of carboxylic acids is 1. The van der Waals surface area contributed by atoms with E-state index < -0.39 is 17.7 Å². The van der Waals surface area contributed by atoms with E-state index in [4.69, 9.17) is 17.3 Å². The summed E-state index contributed by atoms with van der Waals surface area (Å²) in [4.78, 5) is 11.0. The Labute approximate surface area is 156 Å². The molecule has 0 amide bonds. The molecule has 0 radical (unpaired) electrons. The van der Waals surface area contributed by atoms with Crippen LogP contribution in [0, 0.1) is 4.77 Å². The summed E-state index contributed by atoms with van der Waals surface area (Å²) in [5.74, 6) is -0.731. The topological polar surface area (TPSA) is 82.9 Å². The van der Waals surface area contributed by atoms with Crippen molar-refractivity contribution in [3.8, 4) is 11.4 Å². The van der Waals surface area contributed by atoms with Gasteiger partial charge in [-0.15, -0.1) is 0 Å². The maximum Gasteiger partial charge on any atom is 0.416 e. The summed E-state index contributed by atoms with van der Waals surface area (Å²) in [6.07, 6.45) is -4.42. The van der Waals surface area contributed by atoms with Crippen LogP contribution in [0.4, 0.5) is 13.2 Å². The van der Waals surface area contributed by atoms with Crippen LogP contribution in [0.15, 0.2) is 48.5 Å². The van der Waals surface area contributed by atoms with Crippen LogP contribution in [0.5, 0.6) is 0 Å². The van der Waals surface area contributed by atoms with E-state index in [1.54, 1.807) is 12.1 Å². The van der Waals surface area contributed by atoms with Gasteiger partial charge in [-0.05, 0) is 42.0 Å². The van der Waals surface area contributed by atoms with Crippen LogP contribution in [0.25, 0.3) is 11.4 Å². The van der Waals surface area contributed by atoms with Crippen molar-refractivity contribution in [2.45, 2.75) is 12.7 Å². The van der Waals surface area contributed by atoms with Gasteiger partial charge in [0.1, 0.15) is 0 Å². The highest BCUT2D eigenvalue weighted by Crippen LogP contribution is 2.30. The van der Waals surface area contributed by atoms with Gasteiger partial charge in [0.15, 0.2) is 5.82 Å². The Morgan fingerprint density at radius 2 is 1.93 bits per heavy atom. The number of carboxylic acid groups (broad SMARTS) is 1. The molecule has 0 spiro atoms. The Hall–Kier alpha value is -3.14. The molecule has 3 N–H and O–H groups in total. The van der Waals surface area contributed by atoms with Gasteiger partial charge in [0.05, 0.1) is 17.7 Å². The van der Waals surface area contributed by atoms with E-state index in [1.165, 1.54) is 28.9 Å². The van der Waals surface area contributed by atoms with Gasteiger partial charge in [-0.1, -0.05) is 24.3 Å². The van der Waals surface area contributed by atoms with Crippen molar-refractivity contribution in [2.75, 3.05) is 5.43 Å². The second-order valence-corrected chi connectivity index (χ2v) is 5.99. The first-order chi connectivity index (χ1) is 12.8. The molecular weight excluding hydrogens is 381 g/mol. The molecule has 6 nitrogen and oxygen atoms in total. The number of nitrogens with zero attached hydrogens (tertiary/aromatic N) is 2. The van der Waals surface area contributed by atoms with Crippen LogP contribution in [0.2, 0.25) is 0 Å². The Morgan fingerprint density at radius 1 is 1.22 bits per heavy atom. The number of aromatic nitrogens is 3. The van der Waals surface area contributed by atoms with Gasteiger partial charge in [-0.3, -0.25) is 0 Å². The van der Waals surface area contributed by atoms with E-state index in [-0.39, 0.29) is 16.9 Å². The van der Waals surface area contributed by atoms with Gasteiger partial charge in [0.2, 0.25) is 4.77 Å². The number of halogens is 3. The summed E-state index contributed by atoms with van der Waals surface area (Å²) in [7, 11) is 0. The third-order valence-corrected chi connectivity index (χ3v) is 4.03. The number of aromatic carboxylic acids is 1. The van der Waals surface area contributed by atoms with Crippen LogP contribution in [-0.2, 0) is 12.7 Å². The maximum atomic E-state index is 12.7. The Bertz CT molecular complexity index is 1030. The van der Waals surface area contributed by atoms with Crippen molar-refractivity contribution in [3.63, 3.8) is 0 Å². The van der Waals surface area contributed by atoms with Crippen molar-refractivity contribution < 1.29 is 23.1 Å². The average molecular weight is 394 g/mol. The molecule has 1 heterocycles. The first-order valence-electron chi connectivity index (χ1n) is 7.67. The SMILES string of the molecule is O=C(O)c1cccc(CNn2c(-c3ccc(C(F)(F)F)cc3)n[nH]c2=S)c1. The van der Waals surface area contributed by atoms with Crippen LogP contribution < -0.4 is 5.43 Å². The molecule has 0 bridgehead atoms. The van der Waals surface area contributed by atoms with Gasteiger partial charge in [0, 0.05) is 5.56 Å². The minimum atomic E-state index is -4.42. The van der Waals surface area contributed by atoms with Crippen molar-refractivity contribution in [1.82, 2.24) is 14.9 Å². The largest absolute Gasteiger partial charge is 0.478 e. The van der Waals surface area contributed by atoms with E-state index in [1.807, 2.05) is 0 Å². The number of hydrogen-bond acceptors (Lipinski definition) is 4. The van der Waals surface area contributed by atoms with Gasteiger partial charge >= 0.3 is 12.1 Å². The number of carbonyl (C=O) groups is 1. The minimum absolute atomic E-state index is 0.146. The molecule has 3 aromatic rings. The minimum Gasteiger partial charge on any atom is -0.478 e. The molecule has 0 atom stereocenters. The molecule has 10 heteroatoms. The number of H-pyrrole nitrogens is 1. The molecular formula is C17H13F3N4O2S. The Morgan fingerprint density at radius 3 is 2.56 bits per heavy atom. The predicted molar refractivity (Wildman–Crippen MR) is 94.3 cm³/mol. The number of benzene rings is 2. The summed E-state index contributed by atoms with van der Waals surface area (Å²) in [5, 5.41) is 15.7. The van der Waals surface area contributed by atoms with E-state index >= 15 is 0 Å². The summed E-state index contributed by atoms with van der Waals surface area (Å²) in [5.41, 5.74) is 3.50. The zero-order chi connectivity index (χ0) is 19.6. The molecule has 0 unspecified atom stereocenters. The zero-order valence-electron chi connectivity index (χ0n) is 13.6. The van der Waals surface area contributed by atoms with Crippen molar-refractivity contribution >= 4 is 18.2 Å². The van der Waals surface area contributed by atoms with Crippen LogP contribution in [0.1, 0.15) is 21.5 Å². The van der Waals surface area contributed by atoms with E-state index in [0.29, 0.717) is 17.0 Å². The van der Waals surface area contributed by atoms with Gasteiger partial charge in [0.25, 0.3) is 0 Å². The number of rotatable bonds is 5. The maximum absolute atomic E-state index is 12.7. The van der Waals surface area contributed by atoms with E-state index in [9.17, 15) is 18.0 Å². The van der Waals surface area contributed by atoms with E-state index in [2.05, 4.69) is 15.6 Å². The smallest absolute Gasteiger partial charge is 0.416 e. The fourth-order valence-electron chi connectivity index (χ4n) is 2.43. The molecule has 3 rings (SSSR count). The molecule has 0 aliphatic carbocycles. The number of nitrogens with one attached hydrogen (secondary N) is 2. The fourth-order valence-corrected chi connectivity index (χ4v) is 2.63. The molecule has 0 saturated heterocycles. The van der Waals surface area contributed by atoms with Crippen molar-refractivity contribution in [3.05, 3.63) is 70.0 Å². The normalized spacial score (nSPS) is 11.4.